The molecular formula is C31H26ClN7O5S3. The molecule has 2 aliphatic rings. The first-order valence-electron chi connectivity index (χ1n) is 14.0. The number of nitrogens with zero attached hydrogens (tertiary/aromatic N) is 5. The van der Waals surface area contributed by atoms with E-state index in [2.05, 4.69) is 20.6 Å². The molecule has 0 unspecified atom stereocenters. The number of halogens is 1. The molecule has 0 spiro atoms. The van der Waals surface area contributed by atoms with Gasteiger partial charge in [0.25, 0.3) is 11.8 Å². The zero-order valence-electron chi connectivity index (χ0n) is 24.5. The van der Waals surface area contributed by atoms with E-state index >= 15 is 0 Å². The number of nitrogens with one attached hydrogen (secondary N) is 1. The van der Waals surface area contributed by atoms with Crippen LogP contribution in [0.25, 0.3) is 6.08 Å². The highest BCUT2D eigenvalue weighted by molar-refractivity contribution is 8.08. The molecule has 240 valence electrons. The normalized spacial score (nSPS) is 18.0. The summed E-state index contributed by atoms with van der Waals surface area (Å²) in [5, 5.41) is 20.7. The van der Waals surface area contributed by atoms with Crippen molar-refractivity contribution in [3.63, 3.8) is 0 Å². The molecule has 1 fully saturated rings. The average molecular weight is 708 g/mol. The van der Waals surface area contributed by atoms with Gasteiger partial charge in [0.1, 0.15) is 27.1 Å². The summed E-state index contributed by atoms with van der Waals surface area (Å²) in [4.78, 5) is 46.9. The van der Waals surface area contributed by atoms with Crippen LogP contribution in [0.3, 0.4) is 0 Å². The lowest BCUT2D eigenvalue weighted by Crippen LogP contribution is -2.71. The molecule has 2 aliphatic heterocycles. The quantitative estimate of drug-likeness (QED) is 0.0695. The zero-order valence-corrected chi connectivity index (χ0v) is 27.7. The minimum atomic E-state index is -1.03. The van der Waals surface area contributed by atoms with E-state index in [4.69, 9.17) is 22.1 Å². The highest BCUT2D eigenvalue weighted by Crippen LogP contribution is 2.45. The van der Waals surface area contributed by atoms with Crippen LogP contribution < -0.4 is 11.1 Å². The van der Waals surface area contributed by atoms with E-state index in [9.17, 15) is 19.6 Å². The smallest absolute Gasteiger partial charge is 0.356 e. The van der Waals surface area contributed by atoms with Gasteiger partial charge in [0.05, 0.1) is 6.20 Å². The number of nitrogens with two attached hydrogens (primary N) is 1. The molecule has 4 aromatic rings. The number of carbonyl (C=O) groups is 3. The molecule has 2 amide bonds. The lowest BCUT2D eigenvalue weighted by Gasteiger charge is -2.49. The SMILES string of the molecule is Cn1cc(/C=C/SC2=C(C(=O)OC(c3ccccc3)c3ccccc3)N3C(=O)[C@@H](NC(=O)/C(=N\O)c4nc(N)sc4Cl)[C@H]3SC2)cn1. The Hall–Kier alpha value is -4.57. The zero-order chi connectivity index (χ0) is 33.1. The van der Waals surface area contributed by atoms with Crippen molar-refractivity contribution in [2.75, 3.05) is 11.5 Å². The molecule has 6 rings (SSSR count). The highest BCUT2D eigenvalue weighted by Gasteiger charge is 2.55. The largest absolute Gasteiger partial charge is 0.448 e. The molecule has 12 nitrogen and oxygen atoms in total. The Kier molecular flexibility index (Phi) is 9.68. The number of aryl methyl sites for hydroxylation is 1. The van der Waals surface area contributed by atoms with Crippen LogP contribution in [0.1, 0.15) is 28.5 Å². The minimum Gasteiger partial charge on any atom is -0.448 e. The third kappa shape index (κ3) is 6.79. The maximum absolute atomic E-state index is 14.1. The number of carbonyl (C=O) groups excluding carboxylic acids is 3. The molecule has 2 aromatic heterocycles. The molecule has 4 N–H and O–H groups in total. The monoisotopic (exact) mass is 707 g/mol. The van der Waals surface area contributed by atoms with Crippen LogP contribution in [0.4, 0.5) is 5.13 Å². The van der Waals surface area contributed by atoms with Crippen molar-refractivity contribution in [3.05, 3.63) is 116 Å². The molecule has 4 heterocycles. The average Bonchev–Trinajstić information content (AvgIpc) is 3.65. The Bertz CT molecular complexity index is 1870. The maximum Gasteiger partial charge on any atom is 0.356 e. The van der Waals surface area contributed by atoms with Gasteiger partial charge in [0.2, 0.25) is 0 Å². The number of β-lactam (4-membered cyclic amide) rings is 1. The lowest BCUT2D eigenvalue weighted by atomic mass is 10.0. The second-order valence-electron chi connectivity index (χ2n) is 10.2. The number of hydrogen-bond donors (Lipinski definition) is 3. The van der Waals surface area contributed by atoms with E-state index in [0.29, 0.717) is 10.7 Å². The summed E-state index contributed by atoms with van der Waals surface area (Å²) in [5.74, 6) is -1.75. The number of rotatable bonds is 10. The Morgan fingerprint density at radius 1 is 1.19 bits per heavy atom. The van der Waals surface area contributed by atoms with E-state index < -0.39 is 41.0 Å². The van der Waals surface area contributed by atoms with Crippen LogP contribution in [0.5, 0.6) is 0 Å². The topological polar surface area (TPSA) is 165 Å². The van der Waals surface area contributed by atoms with Crippen molar-refractivity contribution in [2.45, 2.75) is 17.5 Å². The number of thiazole rings is 1. The summed E-state index contributed by atoms with van der Waals surface area (Å²) in [6.07, 6.45) is 4.67. The number of hydrogen-bond acceptors (Lipinski definition) is 12. The van der Waals surface area contributed by atoms with Crippen molar-refractivity contribution in [1.29, 1.82) is 0 Å². The molecule has 0 saturated carbocycles. The van der Waals surface area contributed by atoms with Gasteiger partial charge in [-0.05, 0) is 22.6 Å². The summed E-state index contributed by atoms with van der Waals surface area (Å²) >= 11 is 9.70. The Labute approximate surface area is 286 Å². The number of esters is 1. The first-order chi connectivity index (χ1) is 22.7. The molecular weight excluding hydrogens is 682 g/mol. The molecule has 47 heavy (non-hydrogen) atoms. The summed E-state index contributed by atoms with van der Waals surface area (Å²) in [6.45, 7) is 0. The van der Waals surface area contributed by atoms with Crippen LogP contribution in [0, 0.1) is 0 Å². The third-order valence-corrected chi connectivity index (χ3v) is 10.6. The van der Waals surface area contributed by atoms with Crippen molar-refractivity contribution < 1.29 is 24.3 Å². The van der Waals surface area contributed by atoms with Gasteiger partial charge < -0.3 is 21.0 Å². The number of nitrogen functional groups attached to an aromatic ring is 1. The summed E-state index contributed by atoms with van der Waals surface area (Å²) in [7, 11) is 1.82. The fourth-order valence-electron chi connectivity index (χ4n) is 5.01. The Morgan fingerprint density at radius 2 is 1.87 bits per heavy atom. The number of aromatic nitrogens is 3. The van der Waals surface area contributed by atoms with E-state index in [1.807, 2.05) is 85.4 Å². The predicted molar refractivity (Wildman–Crippen MR) is 183 cm³/mol. The number of fused-ring (bicyclic) bond motifs is 1. The van der Waals surface area contributed by atoms with Gasteiger partial charge >= 0.3 is 5.97 Å². The summed E-state index contributed by atoms with van der Waals surface area (Å²) in [6, 6.07) is 17.6. The standard InChI is InChI=1S/C31H26ClN7O5S3/c1-38-15-17(14-34-38)12-13-45-20-16-46-29-23(35-27(40)22(37-43)21-26(32)47-31(33)36-21)28(41)39(29)24(20)30(42)44-25(18-8-4-2-5-9-18)19-10-6-3-7-11-19/h2-15,23,25,29,43H,16H2,1H3,(H2,33,36)(H,35,40)/b13-12+,37-22-/t23-,29-/m1/s1. The van der Waals surface area contributed by atoms with Gasteiger partial charge in [0.15, 0.2) is 16.9 Å². The van der Waals surface area contributed by atoms with Crippen LogP contribution in [0.2, 0.25) is 4.34 Å². The van der Waals surface area contributed by atoms with E-state index in [0.717, 1.165) is 28.0 Å². The first kappa shape index (κ1) is 32.4. The molecule has 16 heteroatoms. The van der Waals surface area contributed by atoms with E-state index in [-0.39, 0.29) is 20.9 Å². The number of oxime groups is 1. The van der Waals surface area contributed by atoms with E-state index in [1.54, 1.807) is 10.9 Å². The Balaban J connectivity index is 1.29. The van der Waals surface area contributed by atoms with Crippen LogP contribution in [0.15, 0.2) is 94.2 Å². The minimum absolute atomic E-state index is 0.0550. The van der Waals surface area contributed by atoms with Gasteiger partial charge in [-0.25, -0.2) is 9.78 Å². The maximum atomic E-state index is 14.1. The fourth-order valence-corrected chi connectivity index (χ4v) is 8.29. The van der Waals surface area contributed by atoms with Crippen molar-refractivity contribution >= 4 is 81.2 Å². The number of anilines is 1. The van der Waals surface area contributed by atoms with Gasteiger partial charge in [0, 0.05) is 29.5 Å². The van der Waals surface area contributed by atoms with E-state index in [1.165, 1.54) is 28.4 Å². The van der Waals surface area contributed by atoms with Crippen LogP contribution >= 0.6 is 46.5 Å². The van der Waals surface area contributed by atoms with Crippen LogP contribution in [-0.2, 0) is 26.2 Å². The molecule has 0 radical (unpaired) electrons. The summed E-state index contributed by atoms with van der Waals surface area (Å²) < 4.78 is 7.92. The first-order valence-corrected chi connectivity index (χ1v) is 17.1. The van der Waals surface area contributed by atoms with Crippen LogP contribution in [-0.4, -0.2) is 65.5 Å². The van der Waals surface area contributed by atoms with Gasteiger partial charge in [-0.2, -0.15) is 5.10 Å². The van der Waals surface area contributed by atoms with Crippen molar-refractivity contribution in [1.82, 2.24) is 25.0 Å². The number of amides is 2. The second kappa shape index (κ2) is 14.0. The fraction of sp³-hybridized carbons (Fsp3) is 0.161. The number of thioether (sulfide) groups is 2. The molecule has 1 saturated heterocycles. The molecule has 0 aliphatic carbocycles. The van der Waals surface area contributed by atoms with Crippen molar-refractivity contribution in [2.24, 2.45) is 12.2 Å². The predicted octanol–water partition coefficient (Wildman–Crippen LogP) is 4.64. The van der Waals surface area contributed by atoms with Crippen molar-refractivity contribution in [3.8, 4) is 0 Å². The molecule has 2 atom stereocenters. The highest BCUT2D eigenvalue weighted by atomic mass is 35.5. The number of ether oxygens (including phenoxy) is 1. The summed E-state index contributed by atoms with van der Waals surface area (Å²) in [5.41, 5.74) is 7.57. The lowest BCUT2D eigenvalue weighted by molar-refractivity contribution is -0.154. The molecule has 2 aromatic carbocycles. The van der Waals surface area contributed by atoms with Gasteiger partial charge in [-0.3, -0.25) is 19.2 Å². The second-order valence-corrected chi connectivity index (χ2v) is 14.0. The Morgan fingerprint density at radius 3 is 2.45 bits per heavy atom. The third-order valence-electron chi connectivity index (χ3n) is 7.18. The van der Waals surface area contributed by atoms with Gasteiger partial charge in [-0.1, -0.05) is 101 Å². The molecule has 0 bridgehead atoms. The number of benzene rings is 2. The van der Waals surface area contributed by atoms with Gasteiger partial charge in [-0.15, -0.1) is 11.8 Å².